The maximum Gasteiger partial charge on any atom is 0.752 e. The Morgan fingerprint density at radius 2 is 1.84 bits per heavy atom. The van der Waals surface area contributed by atoms with Gasteiger partial charge in [-0.1, -0.05) is 34.3 Å². The quantitative estimate of drug-likeness (QED) is 0.173. The number of benzene rings is 3. The number of aryl methyl sites for hydroxylation is 1. The summed E-state index contributed by atoms with van der Waals surface area (Å²) in [5.74, 6) is 1.33. The third kappa shape index (κ3) is 5.35. The fourth-order valence-corrected chi connectivity index (χ4v) is 6.31. The van der Waals surface area contributed by atoms with Crippen LogP contribution in [0.2, 0.25) is 5.02 Å². The molecule has 6 rings (SSSR count). The molecule has 1 amide bonds. The van der Waals surface area contributed by atoms with Crippen molar-refractivity contribution in [3.8, 4) is 17.2 Å². The summed E-state index contributed by atoms with van der Waals surface area (Å²) in [4.78, 5) is 22.6. The SMILES string of the molecule is COc1ccc(-n2nccn2)c(C(=O)N2CCC[C@@]2(C)c2nc3ccc(Cl)c(C)c3n2CO[P+](=O)Oc2ccccc2)c1. The minimum atomic E-state index is -2.51. The maximum atomic E-state index is 14.4. The molecule has 5 aromatic rings. The van der Waals surface area contributed by atoms with E-state index in [1.807, 2.05) is 35.4 Å². The largest absolute Gasteiger partial charge is 0.752 e. The first-order valence-electron chi connectivity index (χ1n) is 13.7. The van der Waals surface area contributed by atoms with E-state index in [4.69, 9.17) is 30.4 Å². The highest BCUT2D eigenvalue weighted by molar-refractivity contribution is 7.33. The number of halogens is 1. The van der Waals surface area contributed by atoms with Crippen LogP contribution in [0.1, 0.15) is 41.5 Å². The Hall–Kier alpha value is -4.31. The number of nitrogens with zero attached hydrogens (tertiary/aromatic N) is 6. The average molecular weight is 620 g/mol. The summed E-state index contributed by atoms with van der Waals surface area (Å²) < 4.78 is 31.4. The van der Waals surface area contributed by atoms with Crippen molar-refractivity contribution >= 4 is 36.8 Å². The van der Waals surface area contributed by atoms with Gasteiger partial charge in [0.15, 0.2) is 12.5 Å². The zero-order chi connectivity index (χ0) is 30.1. The van der Waals surface area contributed by atoms with E-state index in [-0.39, 0.29) is 12.6 Å². The lowest BCUT2D eigenvalue weighted by molar-refractivity contribution is 0.0587. The van der Waals surface area contributed by atoms with E-state index in [0.29, 0.717) is 52.1 Å². The van der Waals surface area contributed by atoms with Crippen LogP contribution in [0, 0.1) is 6.92 Å². The fraction of sp³-hybridized carbons (Fsp3) is 0.267. The number of para-hydroxylation sites is 1. The Labute approximate surface area is 253 Å². The number of amides is 1. The van der Waals surface area contributed by atoms with Crippen molar-refractivity contribution in [1.29, 1.82) is 0 Å². The van der Waals surface area contributed by atoms with E-state index in [1.165, 1.54) is 4.80 Å². The molecule has 1 fully saturated rings. The van der Waals surface area contributed by atoms with Crippen LogP contribution in [0.15, 0.2) is 73.1 Å². The molecule has 0 spiro atoms. The van der Waals surface area contributed by atoms with Gasteiger partial charge in [-0.15, -0.1) is 0 Å². The molecule has 2 atom stereocenters. The normalized spacial score (nSPS) is 16.9. The lowest BCUT2D eigenvalue weighted by atomic mass is 9.96. The molecular weight excluding hydrogens is 591 g/mol. The summed E-state index contributed by atoms with van der Waals surface area (Å²) >= 11 is 6.53. The smallest absolute Gasteiger partial charge is 0.497 e. The Balaban J connectivity index is 1.40. The Kier molecular flexibility index (Phi) is 7.87. The molecule has 43 heavy (non-hydrogen) atoms. The van der Waals surface area contributed by atoms with Gasteiger partial charge in [-0.2, -0.15) is 15.0 Å². The van der Waals surface area contributed by atoms with Gasteiger partial charge in [0.2, 0.25) is 0 Å². The molecule has 1 aliphatic rings. The van der Waals surface area contributed by atoms with Crippen LogP contribution in [0.25, 0.3) is 16.7 Å². The molecule has 3 aromatic carbocycles. The number of likely N-dealkylation sites (tertiary alicyclic amines) is 1. The molecule has 13 heteroatoms. The zero-order valence-corrected chi connectivity index (χ0v) is 25.5. The highest BCUT2D eigenvalue weighted by atomic mass is 35.5. The van der Waals surface area contributed by atoms with Gasteiger partial charge in [-0.05, 0) is 74.7 Å². The molecule has 11 nitrogen and oxygen atoms in total. The molecule has 0 saturated carbocycles. The summed E-state index contributed by atoms with van der Waals surface area (Å²) in [6.45, 7) is 4.24. The average Bonchev–Trinajstić information content (AvgIpc) is 3.77. The molecule has 1 saturated heterocycles. The summed E-state index contributed by atoms with van der Waals surface area (Å²) in [7, 11) is -0.956. The third-order valence-electron chi connectivity index (χ3n) is 7.75. The van der Waals surface area contributed by atoms with Crippen LogP contribution >= 0.6 is 19.9 Å². The van der Waals surface area contributed by atoms with Crippen molar-refractivity contribution in [1.82, 2.24) is 29.4 Å². The minimum absolute atomic E-state index is 0.131. The van der Waals surface area contributed by atoms with Gasteiger partial charge >= 0.3 is 8.25 Å². The molecule has 0 bridgehead atoms. The van der Waals surface area contributed by atoms with Crippen molar-refractivity contribution in [2.24, 2.45) is 0 Å². The number of carbonyl (C=O) groups is 1. The van der Waals surface area contributed by atoms with Gasteiger partial charge in [-0.25, -0.2) is 9.51 Å². The lowest BCUT2D eigenvalue weighted by Crippen LogP contribution is -2.45. The van der Waals surface area contributed by atoms with Gasteiger partial charge < -0.3 is 9.64 Å². The van der Waals surface area contributed by atoms with Crippen molar-refractivity contribution in [2.75, 3.05) is 13.7 Å². The number of carbonyl (C=O) groups excluding carboxylic acids is 1. The van der Waals surface area contributed by atoms with Crippen LogP contribution in [0.3, 0.4) is 0 Å². The molecule has 0 aliphatic carbocycles. The summed E-state index contributed by atoms with van der Waals surface area (Å²) in [5, 5.41) is 9.05. The van der Waals surface area contributed by atoms with Crippen LogP contribution < -0.4 is 9.26 Å². The lowest BCUT2D eigenvalue weighted by Gasteiger charge is -2.35. The molecule has 2 aromatic heterocycles. The second-order valence-electron chi connectivity index (χ2n) is 10.3. The second-order valence-corrected chi connectivity index (χ2v) is 11.6. The molecule has 220 valence electrons. The second kappa shape index (κ2) is 11.8. The molecule has 0 N–H and O–H groups in total. The van der Waals surface area contributed by atoms with Crippen molar-refractivity contribution in [2.45, 2.75) is 39.0 Å². The maximum absolute atomic E-state index is 14.4. The first-order valence-corrected chi connectivity index (χ1v) is 15.1. The van der Waals surface area contributed by atoms with E-state index < -0.39 is 13.8 Å². The number of fused-ring (bicyclic) bond motifs is 1. The third-order valence-corrected chi connectivity index (χ3v) is 8.84. The van der Waals surface area contributed by atoms with Gasteiger partial charge in [0.05, 0.1) is 47.3 Å². The first kappa shape index (κ1) is 28.8. The standard InChI is InChI=1S/C30H29ClN6O5P/c1-20-24(31)11-12-25-27(20)35(19-41-43(39)42-21-8-5-4-6-9-21)29(34-25)30(2)14-7-17-36(30)28(38)23-18-22(40-3)10-13-26(23)37-32-15-16-33-37/h4-6,8-13,15-16,18H,7,14,17,19H2,1-3H3/q+1/t30-/m0/s1. The van der Waals surface area contributed by atoms with Gasteiger partial charge in [0, 0.05) is 16.1 Å². The van der Waals surface area contributed by atoms with Crippen molar-refractivity contribution < 1.29 is 23.1 Å². The fourth-order valence-electron chi connectivity index (χ4n) is 5.60. The number of hydrogen-bond donors (Lipinski definition) is 0. The molecule has 3 heterocycles. The Morgan fingerprint density at radius 1 is 1.07 bits per heavy atom. The number of aromatic nitrogens is 5. The number of hydrogen-bond acceptors (Lipinski definition) is 8. The zero-order valence-electron chi connectivity index (χ0n) is 23.8. The van der Waals surface area contributed by atoms with Gasteiger partial charge in [-0.3, -0.25) is 9.36 Å². The van der Waals surface area contributed by atoms with Crippen LogP contribution in [0.4, 0.5) is 0 Å². The van der Waals surface area contributed by atoms with Crippen LogP contribution in [-0.2, 0) is 21.4 Å². The summed E-state index contributed by atoms with van der Waals surface area (Å²) in [6, 6.07) is 17.7. The molecular formula is C30H29ClN6O5P+. The number of ether oxygens (including phenoxy) is 1. The molecule has 1 unspecified atom stereocenters. The van der Waals surface area contributed by atoms with E-state index in [1.54, 1.807) is 68.0 Å². The predicted octanol–water partition coefficient (Wildman–Crippen LogP) is 6.45. The van der Waals surface area contributed by atoms with E-state index in [9.17, 15) is 9.36 Å². The Bertz CT molecular complexity index is 1810. The number of imidazole rings is 1. The van der Waals surface area contributed by atoms with E-state index in [2.05, 4.69) is 10.2 Å². The van der Waals surface area contributed by atoms with Crippen molar-refractivity contribution in [3.63, 3.8) is 0 Å². The number of methoxy groups -OCH3 is 1. The summed E-state index contributed by atoms with van der Waals surface area (Å²) in [5.41, 5.74) is 2.28. The minimum Gasteiger partial charge on any atom is -0.497 e. The predicted molar refractivity (Wildman–Crippen MR) is 161 cm³/mol. The monoisotopic (exact) mass is 619 g/mol. The number of rotatable bonds is 9. The van der Waals surface area contributed by atoms with Crippen LogP contribution in [-0.4, -0.2) is 49.0 Å². The van der Waals surface area contributed by atoms with Crippen LogP contribution in [0.5, 0.6) is 11.5 Å². The van der Waals surface area contributed by atoms with Gasteiger partial charge in [0.1, 0.15) is 11.6 Å². The molecule has 1 aliphatic heterocycles. The van der Waals surface area contributed by atoms with E-state index >= 15 is 0 Å². The Morgan fingerprint density at radius 3 is 2.58 bits per heavy atom. The first-order chi connectivity index (χ1) is 20.8. The van der Waals surface area contributed by atoms with Crippen molar-refractivity contribution in [3.05, 3.63) is 95.0 Å². The van der Waals surface area contributed by atoms with E-state index in [0.717, 1.165) is 17.5 Å². The highest BCUT2D eigenvalue weighted by Gasteiger charge is 2.46. The highest BCUT2D eigenvalue weighted by Crippen LogP contribution is 2.42. The topological polar surface area (TPSA) is 114 Å². The summed E-state index contributed by atoms with van der Waals surface area (Å²) in [6.07, 6.45) is 4.50. The molecule has 0 radical (unpaired) electrons. The van der Waals surface area contributed by atoms with Gasteiger partial charge in [0.25, 0.3) is 5.91 Å².